The maximum Gasteiger partial charge on any atom is 0.326 e. The standard InChI is InChI=1S/C12H21NO3/c1-5-6-7-9(11(15)16)13-10(14)8-12(2,3)4/h5,9H,1,6-8H2,2-4H3,(H,13,14)(H,15,16). The third-order valence-corrected chi connectivity index (χ3v) is 1.98. The summed E-state index contributed by atoms with van der Waals surface area (Å²) in [7, 11) is 0. The Labute approximate surface area is 96.7 Å². The van der Waals surface area contributed by atoms with Crippen molar-refractivity contribution in [2.75, 3.05) is 0 Å². The number of carbonyl (C=O) groups excluding carboxylic acids is 1. The Bertz CT molecular complexity index is 266. The van der Waals surface area contributed by atoms with Crippen LogP contribution in [0.5, 0.6) is 0 Å². The molecule has 0 aromatic rings. The molecule has 1 atom stereocenters. The summed E-state index contributed by atoms with van der Waals surface area (Å²) in [6, 6.07) is -0.812. The van der Waals surface area contributed by atoms with Crippen LogP contribution in [0.4, 0.5) is 0 Å². The van der Waals surface area contributed by atoms with Gasteiger partial charge in [0, 0.05) is 6.42 Å². The molecule has 0 spiro atoms. The number of amides is 1. The second-order valence-corrected chi connectivity index (χ2v) is 5.06. The lowest BCUT2D eigenvalue weighted by Gasteiger charge is -2.20. The molecule has 0 aliphatic rings. The molecule has 0 saturated carbocycles. The van der Waals surface area contributed by atoms with Gasteiger partial charge < -0.3 is 10.4 Å². The lowest BCUT2D eigenvalue weighted by atomic mass is 9.92. The van der Waals surface area contributed by atoms with Gasteiger partial charge in [-0.3, -0.25) is 4.79 Å². The Morgan fingerprint density at radius 1 is 1.44 bits per heavy atom. The van der Waals surface area contributed by atoms with Gasteiger partial charge in [0.15, 0.2) is 0 Å². The summed E-state index contributed by atoms with van der Waals surface area (Å²) in [5.74, 6) is -1.21. The van der Waals surface area contributed by atoms with E-state index in [1.165, 1.54) is 0 Å². The van der Waals surface area contributed by atoms with E-state index in [9.17, 15) is 9.59 Å². The SMILES string of the molecule is C=CCCC(NC(=O)CC(C)(C)C)C(=O)O. The van der Waals surface area contributed by atoms with Crippen molar-refractivity contribution in [1.82, 2.24) is 5.32 Å². The molecule has 0 aliphatic heterocycles. The largest absolute Gasteiger partial charge is 0.480 e. The van der Waals surface area contributed by atoms with Crippen LogP contribution in [0.1, 0.15) is 40.0 Å². The fourth-order valence-corrected chi connectivity index (χ4v) is 1.27. The number of allylic oxidation sites excluding steroid dienone is 1. The first-order valence-corrected chi connectivity index (χ1v) is 5.39. The minimum atomic E-state index is -0.996. The first kappa shape index (κ1) is 14.7. The number of carboxylic acid groups (broad SMARTS) is 1. The maximum absolute atomic E-state index is 11.5. The Morgan fingerprint density at radius 3 is 2.38 bits per heavy atom. The van der Waals surface area contributed by atoms with E-state index in [-0.39, 0.29) is 11.3 Å². The Morgan fingerprint density at radius 2 is 2.00 bits per heavy atom. The zero-order chi connectivity index (χ0) is 12.8. The van der Waals surface area contributed by atoms with Gasteiger partial charge in [0.1, 0.15) is 6.04 Å². The van der Waals surface area contributed by atoms with Crippen LogP contribution in [0.3, 0.4) is 0 Å². The van der Waals surface area contributed by atoms with Crippen molar-refractivity contribution in [3.8, 4) is 0 Å². The topological polar surface area (TPSA) is 66.4 Å². The molecule has 0 aliphatic carbocycles. The van der Waals surface area contributed by atoms with Crippen molar-refractivity contribution in [3.63, 3.8) is 0 Å². The molecule has 92 valence electrons. The molecule has 0 radical (unpaired) electrons. The predicted molar refractivity (Wildman–Crippen MR) is 63.1 cm³/mol. The number of carbonyl (C=O) groups is 2. The van der Waals surface area contributed by atoms with E-state index in [2.05, 4.69) is 11.9 Å². The van der Waals surface area contributed by atoms with Crippen LogP contribution in [0, 0.1) is 5.41 Å². The second-order valence-electron chi connectivity index (χ2n) is 5.06. The summed E-state index contributed by atoms with van der Waals surface area (Å²) < 4.78 is 0. The summed E-state index contributed by atoms with van der Waals surface area (Å²) in [4.78, 5) is 22.4. The van der Waals surface area contributed by atoms with Crippen molar-refractivity contribution in [2.24, 2.45) is 5.41 Å². The van der Waals surface area contributed by atoms with Gasteiger partial charge in [0.05, 0.1) is 0 Å². The Hall–Kier alpha value is -1.32. The number of aliphatic carboxylic acids is 1. The van der Waals surface area contributed by atoms with Crippen LogP contribution in [0.2, 0.25) is 0 Å². The molecule has 4 nitrogen and oxygen atoms in total. The number of nitrogens with one attached hydrogen (secondary N) is 1. The molecule has 0 aromatic heterocycles. The van der Waals surface area contributed by atoms with Crippen LogP contribution < -0.4 is 5.32 Å². The average Bonchev–Trinajstić information content (AvgIpc) is 2.08. The molecule has 0 bridgehead atoms. The van der Waals surface area contributed by atoms with Gasteiger partial charge >= 0.3 is 5.97 Å². The molecule has 2 N–H and O–H groups in total. The normalized spacial score (nSPS) is 12.9. The number of carboxylic acids is 1. The summed E-state index contributed by atoms with van der Waals surface area (Å²) in [6.45, 7) is 9.33. The summed E-state index contributed by atoms with van der Waals surface area (Å²) in [6.07, 6.45) is 2.93. The zero-order valence-electron chi connectivity index (χ0n) is 10.2. The molecular formula is C12H21NO3. The van der Waals surface area contributed by atoms with Gasteiger partial charge in [-0.1, -0.05) is 26.8 Å². The van der Waals surface area contributed by atoms with E-state index in [4.69, 9.17) is 5.11 Å². The highest BCUT2D eigenvalue weighted by molar-refractivity contribution is 5.83. The minimum absolute atomic E-state index is 0.133. The predicted octanol–water partition coefficient (Wildman–Crippen LogP) is 1.96. The van der Waals surface area contributed by atoms with Gasteiger partial charge in [0.2, 0.25) is 5.91 Å². The summed E-state index contributed by atoms with van der Waals surface area (Å²) in [5.41, 5.74) is -0.133. The fraction of sp³-hybridized carbons (Fsp3) is 0.667. The van der Waals surface area contributed by atoms with E-state index in [1.54, 1.807) is 6.08 Å². The quantitative estimate of drug-likeness (QED) is 0.682. The van der Waals surface area contributed by atoms with Gasteiger partial charge in [0.25, 0.3) is 0 Å². The average molecular weight is 227 g/mol. The molecule has 1 unspecified atom stereocenters. The van der Waals surface area contributed by atoms with Crippen molar-refractivity contribution in [2.45, 2.75) is 46.1 Å². The smallest absolute Gasteiger partial charge is 0.326 e. The maximum atomic E-state index is 11.5. The van der Waals surface area contributed by atoms with E-state index >= 15 is 0 Å². The second kappa shape index (κ2) is 6.30. The minimum Gasteiger partial charge on any atom is -0.480 e. The number of hydrogen-bond donors (Lipinski definition) is 2. The van der Waals surface area contributed by atoms with Gasteiger partial charge in [-0.2, -0.15) is 0 Å². The van der Waals surface area contributed by atoms with E-state index in [1.807, 2.05) is 20.8 Å². The van der Waals surface area contributed by atoms with Gasteiger partial charge in [-0.25, -0.2) is 4.79 Å². The van der Waals surface area contributed by atoms with E-state index in [0.717, 1.165) is 0 Å². The summed E-state index contributed by atoms with van der Waals surface area (Å²) >= 11 is 0. The highest BCUT2D eigenvalue weighted by atomic mass is 16.4. The molecule has 0 aromatic carbocycles. The molecule has 0 rings (SSSR count). The molecule has 0 heterocycles. The monoisotopic (exact) mass is 227 g/mol. The first-order valence-electron chi connectivity index (χ1n) is 5.39. The number of rotatable bonds is 6. The fourth-order valence-electron chi connectivity index (χ4n) is 1.27. The molecule has 0 fully saturated rings. The lowest BCUT2D eigenvalue weighted by Crippen LogP contribution is -2.41. The van der Waals surface area contributed by atoms with Crippen molar-refractivity contribution >= 4 is 11.9 Å². The third-order valence-electron chi connectivity index (χ3n) is 1.98. The van der Waals surface area contributed by atoms with Crippen LogP contribution >= 0.6 is 0 Å². The molecular weight excluding hydrogens is 206 g/mol. The Kier molecular flexibility index (Phi) is 5.78. The van der Waals surface area contributed by atoms with E-state index < -0.39 is 12.0 Å². The van der Waals surface area contributed by atoms with E-state index in [0.29, 0.717) is 19.3 Å². The molecule has 4 heteroatoms. The van der Waals surface area contributed by atoms with Crippen LogP contribution in [0.25, 0.3) is 0 Å². The Balaban J connectivity index is 4.23. The van der Waals surface area contributed by atoms with Crippen LogP contribution in [-0.4, -0.2) is 23.0 Å². The van der Waals surface area contributed by atoms with Crippen LogP contribution in [0.15, 0.2) is 12.7 Å². The highest BCUT2D eigenvalue weighted by Gasteiger charge is 2.22. The molecule has 0 saturated heterocycles. The van der Waals surface area contributed by atoms with Crippen molar-refractivity contribution in [1.29, 1.82) is 0 Å². The zero-order valence-corrected chi connectivity index (χ0v) is 10.2. The van der Waals surface area contributed by atoms with Gasteiger partial charge in [-0.05, 0) is 18.3 Å². The summed E-state index contributed by atoms with van der Waals surface area (Å²) in [5, 5.41) is 11.4. The van der Waals surface area contributed by atoms with Crippen molar-refractivity contribution < 1.29 is 14.7 Å². The molecule has 16 heavy (non-hydrogen) atoms. The number of hydrogen-bond acceptors (Lipinski definition) is 2. The lowest BCUT2D eigenvalue weighted by molar-refractivity contribution is -0.142. The third kappa shape index (κ3) is 7.04. The van der Waals surface area contributed by atoms with Crippen LogP contribution in [-0.2, 0) is 9.59 Å². The molecule has 1 amide bonds. The first-order chi connectivity index (χ1) is 7.26. The van der Waals surface area contributed by atoms with Gasteiger partial charge in [-0.15, -0.1) is 6.58 Å². The van der Waals surface area contributed by atoms with Crippen molar-refractivity contribution in [3.05, 3.63) is 12.7 Å². The highest BCUT2D eigenvalue weighted by Crippen LogP contribution is 2.18.